The Kier molecular flexibility index (Phi) is 3.60. The molecular formula is C9H14N2O5S. The lowest BCUT2D eigenvalue weighted by molar-refractivity contribution is -0.155. The predicted molar refractivity (Wildman–Crippen MR) is 58.9 cm³/mol. The highest BCUT2D eigenvalue weighted by atomic mass is 32.2. The molecule has 0 saturated carbocycles. The Balaban J connectivity index is 2.79. The zero-order valence-electron chi connectivity index (χ0n) is 9.41. The summed E-state index contributed by atoms with van der Waals surface area (Å²) in [4.78, 5) is 10.6. The second-order valence-electron chi connectivity index (χ2n) is 3.92. The summed E-state index contributed by atoms with van der Waals surface area (Å²) >= 11 is 0. The Labute approximate surface area is 98.7 Å². The van der Waals surface area contributed by atoms with Crippen LogP contribution >= 0.6 is 0 Å². The molecule has 3 N–H and O–H groups in total. The van der Waals surface area contributed by atoms with Crippen molar-refractivity contribution < 1.29 is 23.4 Å². The number of hydrogen-bond donors (Lipinski definition) is 3. The molecule has 96 valence electrons. The van der Waals surface area contributed by atoms with Gasteiger partial charge in [-0.1, -0.05) is 0 Å². The second-order valence-corrected chi connectivity index (χ2v) is 5.68. The summed E-state index contributed by atoms with van der Waals surface area (Å²) in [7, 11) is -2.14. The van der Waals surface area contributed by atoms with E-state index in [2.05, 4.69) is 0 Å². The normalized spacial score (nSPS) is 15.5. The SMILES string of the molecule is Cn1ccc(S(=O)(=O)NCC(C)(O)C(=O)O)c1. The highest BCUT2D eigenvalue weighted by Crippen LogP contribution is 2.09. The lowest BCUT2D eigenvalue weighted by atomic mass is 10.1. The summed E-state index contributed by atoms with van der Waals surface area (Å²) in [6.45, 7) is 0.419. The molecule has 0 radical (unpaired) electrons. The average Bonchev–Trinajstić information content (AvgIpc) is 2.63. The molecule has 8 heteroatoms. The number of carbonyl (C=O) groups is 1. The van der Waals surface area contributed by atoms with Crippen LogP contribution in [0.15, 0.2) is 23.4 Å². The molecule has 1 rings (SSSR count). The summed E-state index contributed by atoms with van der Waals surface area (Å²) in [5.74, 6) is -1.49. The van der Waals surface area contributed by atoms with Crippen LogP contribution in [0, 0.1) is 0 Å². The van der Waals surface area contributed by atoms with Crippen LogP contribution in [0.1, 0.15) is 6.92 Å². The van der Waals surface area contributed by atoms with E-state index in [-0.39, 0.29) is 4.90 Å². The van der Waals surface area contributed by atoms with Crippen LogP contribution in [0.3, 0.4) is 0 Å². The monoisotopic (exact) mass is 262 g/mol. The van der Waals surface area contributed by atoms with Crippen LogP contribution < -0.4 is 4.72 Å². The van der Waals surface area contributed by atoms with E-state index in [0.29, 0.717) is 0 Å². The standard InChI is InChI=1S/C9H14N2O5S/c1-9(14,8(12)13)6-10-17(15,16)7-3-4-11(2)5-7/h3-5,10,14H,6H2,1-2H3,(H,12,13). The number of nitrogens with one attached hydrogen (secondary N) is 1. The van der Waals surface area contributed by atoms with Gasteiger partial charge in [-0.05, 0) is 13.0 Å². The quantitative estimate of drug-likeness (QED) is 0.639. The molecular weight excluding hydrogens is 248 g/mol. The van der Waals surface area contributed by atoms with Gasteiger partial charge in [0.05, 0.1) is 11.4 Å². The second kappa shape index (κ2) is 4.47. The largest absolute Gasteiger partial charge is 0.479 e. The van der Waals surface area contributed by atoms with E-state index in [1.165, 1.54) is 12.3 Å². The molecule has 0 amide bonds. The van der Waals surface area contributed by atoms with Gasteiger partial charge in [0.1, 0.15) is 0 Å². The van der Waals surface area contributed by atoms with Gasteiger partial charge in [-0.25, -0.2) is 17.9 Å². The molecule has 17 heavy (non-hydrogen) atoms. The molecule has 1 aromatic heterocycles. The van der Waals surface area contributed by atoms with E-state index in [4.69, 9.17) is 5.11 Å². The summed E-state index contributed by atoms with van der Waals surface area (Å²) in [6.07, 6.45) is 2.92. The van der Waals surface area contributed by atoms with Crippen molar-refractivity contribution in [3.05, 3.63) is 18.5 Å². The lowest BCUT2D eigenvalue weighted by Gasteiger charge is -2.17. The van der Waals surface area contributed by atoms with Crippen molar-refractivity contribution >= 4 is 16.0 Å². The minimum absolute atomic E-state index is 0.0150. The van der Waals surface area contributed by atoms with Crippen molar-refractivity contribution in [2.75, 3.05) is 6.54 Å². The molecule has 0 bridgehead atoms. The zero-order chi connectivity index (χ0) is 13.3. The van der Waals surface area contributed by atoms with E-state index >= 15 is 0 Å². The maximum absolute atomic E-state index is 11.7. The number of hydrogen-bond acceptors (Lipinski definition) is 4. The molecule has 0 aliphatic heterocycles. The molecule has 1 aromatic rings. The van der Waals surface area contributed by atoms with Gasteiger partial charge >= 0.3 is 5.97 Å². The lowest BCUT2D eigenvalue weighted by Crippen LogP contribution is -2.46. The van der Waals surface area contributed by atoms with E-state index in [0.717, 1.165) is 6.92 Å². The summed E-state index contributed by atoms with van der Waals surface area (Å²) in [6, 6.07) is 1.37. The van der Waals surface area contributed by atoms with E-state index in [1.54, 1.807) is 17.8 Å². The molecule has 7 nitrogen and oxygen atoms in total. The topological polar surface area (TPSA) is 109 Å². The third-order valence-electron chi connectivity index (χ3n) is 2.18. The fourth-order valence-corrected chi connectivity index (χ4v) is 2.21. The molecule has 0 aliphatic rings. The number of carboxylic acid groups (broad SMARTS) is 1. The predicted octanol–water partition coefficient (Wildman–Crippen LogP) is -0.861. The Morgan fingerprint density at radius 3 is 2.59 bits per heavy atom. The van der Waals surface area contributed by atoms with E-state index in [9.17, 15) is 18.3 Å². The minimum Gasteiger partial charge on any atom is -0.479 e. The molecule has 1 heterocycles. The van der Waals surface area contributed by atoms with Gasteiger partial charge < -0.3 is 14.8 Å². The first-order valence-electron chi connectivity index (χ1n) is 4.72. The maximum Gasteiger partial charge on any atom is 0.336 e. The number of sulfonamides is 1. The fourth-order valence-electron chi connectivity index (χ4n) is 1.03. The first-order valence-corrected chi connectivity index (χ1v) is 6.21. The van der Waals surface area contributed by atoms with Crippen LogP contribution in [0.4, 0.5) is 0 Å². The molecule has 1 atom stereocenters. The Morgan fingerprint density at radius 2 is 2.18 bits per heavy atom. The van der Waals surface area contributed by atoms with Gasteiger partial charge in [-0.15, -0.1) is 0 Å². The Morgan fingerprint density at radius 1 is 1.59 bits per heavy atom. The van der Waals surface area contributed by atoms with Crippen LogP contribution in [0.5, 0.6) is 0 Å². The van der Waals surface area contributed by atoms with Crippen LogP contribution in [0.25, 0.3) is 0 Å². The Hall–Kier alpha value is -1.38. The Bertz CT molecular complexity index is 517. The summed E-state index contributed by atoms with van der Waals surface area (Å²) < 4.78 is 27.0. The highest BCUT2D eigenvalue weighted by Gasteiger charge is 2.31. The van der Waals surface area contributed by atoms with Crippen molar-refractivity contribution in [2.24, 2.45) is 7.05 Å². The highest BCUT2D eigenvalue weighted by molar-refractivity contribution is 7.89. The number of aryl methyl sites for hydroxylation is 1. The number of aliphatic carboxylic acids is 1. The van der Waals surface area contributed by atoms with Crippen molar-refractivity contribution in [3.8, 4) is 0 Å². The van der Waals surface area contributed by atoms with Crippen LogP contribution in [-0.4, -0.2) is 41.3 Å². The van der Waals surface area contributed by atoms with Crippen molar-refractivity contribution in [1.29, 1.82) is 0 Å². The van der Waals surface area contributed by atoms with Gasteiger partial charge in [0.15, 0.2) is 5.60 Å². The van der Waals surface area contributed by atoms with Crippen LogP contribution in [0.2, 0.25) is 0 Å². The number of aliphatic hydroxyl groups is 1. The zero-order valence-corrected chi connectivity index (χ0v) is 10.2. The first kappa shape index (κ1) is 13.7. The summed E-state index contributed by atoms with van der Waals surface area (Å²) in [5, 5.41) is 18.0. The average molecular weight is 262 g/mol. The fraction of sp³-hybridized carbons (Fsp3) is 0.444. The van der Waals surface area contributed by atoms with E-state index in [1.807, 2.05) is 4.72 Å². The minimum atomic E-state index is -3.80. The third-order valence-corrected chi connectivity index (χ3v) is 3.57. The number of aromatic nitrogens is 1. The third kappa shape index (κ3) is 3.29. The number of rotatable bonds is 5. The van der Waals surface area contributed by atoms with Gasteiger partial charge in [0.25, 0.3) is 0 Å². The van der Waals surface area contributed by atoms with Gasteiger partial charge in [-0.2, -0.15) is 0 Å². The van der Waals surface area contributed by atoms with Gasteiger partial charge in [0.2, 0.25) is 10.0 Å². The smallest absolute Gasteiger partial charge is 0.336 e. The van der Waals surface area contributed by atoms with Crippen molar-refractivity contribution in [1.82, 2.24) is 9.29 Å². The molecule has 0 fully saturated rings. The van der Waals surface area contributed by atoms with Gasteiger partial charge in [0, 0.05) is 19.4 Å². The molecule has 0 saturated heterocycles. The number of nitrogens with zero attached hydrogens (tertiary/aromatic N) is 1. The van der Waals surface area contributed by atoms with E-state index < -0.39 is 28.1 Å². The van der Waals surface area contributed by atoms with Crippen LogP contribution in [-0.2, 0) is 21.9 Å². The number of carboxylic acids is 1. The molecule has 0 aliphatic carbocycles. The molecule has 1 unspecified atom stereocenters. The maximum atomic E-state index is 11.7. The first-order chi connectivity index (χ1) is 7.65. The van der Waals surface area contributed by atoms with Gasteiger partial charge in [-0.3, -0.25) is 0 Å². The molecule has 0 aromatic carbocycles. The van der Waals surface area contributed by atoms with Crippen molar-refractivity contribution in [3.63, 3.8) is 0 Å². The molecule has 0 spiro atoms. The van der Waals surface area contributed by atoms with Crippen molar-refractivity contribution in [2.45, 2.75) is 17.4 Å². The summed E-state index contributed by atoms with van der Waals surface area (Å²) in [5.41, 5.74) is -2.14.